The van der Waals surface area contributed by atoms with Crippen molar-refractivity contribution in [2.24, 2.45) is 0 Å². The minimum Gasteiger partial charge on any atom is -0.268 e. The SMILES string of the molecule is CC(C)c1nc2c3ccc(F)c(F)c3c3cc(F)c(F)cc3n2c1F. The van der Waals surface area contributed by atoms with Crippen molar-refractivity contribution in [1.29, 1.82) is 0 Å². The summed E-state index contributed by atoms with van der Waals surface area (Å²) >= 11 is 0. The number of aromatic nitrogens is 2. The molecule has 128 valence electrons. The van der Waals surface area contributed by atoms with Crippen molar-refractivity contribution in [1.82, 2.24) is 9.38 Å². The number of pyridine rings is 1. The van der Waals surface area contributed by atoms with Gasteiger partial charge in [-0.1, -0.05) is 13.8 Å². The molecule has 2 aromatic carbocycles. The predicted molar refractivity (Wildman–Crippen MR) is 84.1 cm³/mol. The van der Waals surface area contributed by atoms with Gasteiger partial charge in [-0.25, -0.2) is 22.5 Å². The van der Waals surface area contributed by atoms with Gasteiger partial charge in [0.1, 0.15) is 5.65 Å². The van der Waals surface area contributed by atoms with Crippen molar-refractivity contribution in [3.05, 3.63) is 59.2 Å². The first kappa shape index (κ1) is 15.8. The molecule has 0 radical (unpaired) electrons. The lowest BCUT2D eigenvalue weighted by molar-refractivity contribution is 0.509. The summed E-state index contributed by atoms with van der Waals surface area (Å²) in [6.45, 7) is 3.44. The van der Waals surface area contributed by atoms with Gasteiger partial charge in [0.25, 0.3) is 0 Å². The van der Waals surface area contributed by atoms with Crippen LogP contribution in [0.5, 0.6) is 0 Å². The van der Waals surface area contributed by atoms with E-state index in [1.54, 1.807) is 13.8 Å². The molecule has 25 heavy (non-hydrogen) atoms. The fourth-order valence-electron chi connectivity index (χ4n) is 3.11. The van der Waals surface area contributed by atoms with Crippen molar-refractivity contribution in [3.8, 4) is 0 Å². The molecular formula is C18H11F5N2. The average molecular weight is 350 g/mol. The molecule has 0 saturated carbocycles. The minimum absolute atomic E-state index is 0.0219. The molecule has 2 aromatic heterocycles. The normalized spacial score (nSPS) is 12.2. The predicted octanol–water partition coefficient (Wildman–Crippen LogP) is 5.46. The number of rotatable bonds is 1. The van der Waals surface area contributed by atoms with Crippen LogP contribution in [0.25, 0.3) is 27.3 Å². The Hall–Kier alpha value is -2.70. The second-order valence-electron chi connectivity index (χ2n) is 6.17. The van der Waals surface area contributed by atoms with Crippen LogP contribution in [0.3, 0.4) is 0 Å². The van der Waals surface area contributed by atoms with E-state index in [0.717, 1.165) is 22.6 Å². The zero-order valence-corrected chi connectivity index (χ0v) is 13.2. The van der Waals surface area contributed by atoms with Crippen molar-refractivity contribution < 1.29 is 22.0 Å². The first-order valence-electron chi connectivity index (χ1n) is 7.57. The third-order valence-corrected chi connectivity index (χ3v) is 4.28. The fourth-order valence-corrected chi connectivity index (χ4v) is 3.11. The standard InChI is InChI=1S/C18H11F5N2/c1-7(2)16-17(23)25-13-6-12(21)11(20)5-9(13)14-8(18(25)24-16)3-4-10(19)15(14)22/h3-7H,1-2H3. The summed E-state index contributed by atoms with van der Waals surface area (Å²) in [6, 6.07) is 3.64. The smallest absolute Gasteiger partial charge is 0.221 e. The van der Waals surface area contributed by atoms with E-state index in [-0.39, 0.29) is 38.9 Å². The van der Waals surface area contributed by atoms with Gasteiger partial charge in [0.05, 0.1) is 11.2 Å². The molecule has 0 aliphatic carbocycles. The van der Waals surface area contributed by atoms with Crippen LogP contribution in [0, 0.1) is 29.2 Å². The maximum atomic E-state index is 14.9. The highest BCUT2D eigenvalue weighted by molar-refractivity contribution is 6.12. The van der Waals surface area contributed by atoms with Crippen LogP contribution in [0.1, 0.15) is 25.5 Å². The summed E-state index contributed by atoms with van der Waals surface area (Å²) in [5.41, 5.74) is -0.000301. The van der Waals surface area contributed by atoms with Crippen LogP contribution >= 0.6 is 0 Å². The molecule has 0 saturated heterocycles. The molecule has 0 atom stereocenters. The van der Waals surface area contributed by atoms with Gasteiger partial charge < -0.3 is 0 Å². The number of hydrogen-bond donors (Lipinski definition) is 0. The summed E-state index contributed by atoms with van der Waals surface area (Å²) in [5.74, 6) is -5.84. The van der Waals surface area contributed by atoms with Gasteiger partial charge in [0.15, 0.2) is 23.3 Å². The molecule has 0 aliphatic rings. The zero-order chi connectivity index (χ0) is 18.0. The summed E-state index contributed by atoms with van der Waals surface area (Å²) in [4.78, 5) is 4.20. The van der Waals surface area contributed by atoms with Crippen LogP contribution < -0.4 is 0 Å². The van der Waals surface area contributed by atoms with Crippen molar-refractivity contribution in [2.75, 3.05) is 0 Å². The summed E-state index contributed by atoms with van der Waals surface area (Å²) in [5, 5.41) is -0.282. The molecule has 4 aromatic rings. The second kappa shape index (κ2) is 5.15. The van der Waals surface area contributed by atoms with Gasteiger partial charge in [-0.3, -0.25) is 4.40 Å². The molecule has 0 fully saturated rings. The monoisotopic (exact) mass is 350 g/mol. The van der Waals surface area contributed by atoms with Gasteiger partial charge in [-0.05, 0) is 18.2 Å². The molecule has 0 amide bonds. The number of benzene rings is 2. The molecule has 4 rings (SSSR count). The molecular weight excluding hydrogens is 339 g/mol. The topological polar surface area (TPSA) is 17.3 Å². The molecule has 7 heteroatoms. The summed E-state index contributed by atoms with van der Waals surface area (Å²) in [7, 11) is 0. The summed E-state index contributed by atoms with van der Waals surface area (Å²) in [6.07, 6.45) is 0. The zero-order valence-electron chi connectivity index (χ0n) is 13.2. The van der Waals surface area contributed by atoms with E-state index in [1.165, 1.54) is 6.07 Å². The van der Waals surface area contributed by atoms with Gasteiger partial charge in [-0.15, -0.1) is 0 Å². The Labute approximate surface area is 138 Å². The highest BCUT2D eigenvalue weighted by Gasteiger charge is 2.23. The lowest BCUT2D eigenvalue weighted by Crippen LogP contribution is -1.99. The van der Waals surface area contributed by atoms with E-state index in [0.29, 0.717) is 0 Å². The Morgan fingerprint density at radius 1 is 0.880 bits per heavy atom. The van der Waals surface area contributed by atoms with Crippen LogP contribution in [0.15, 0.2) is 24.3 Å². The number of fused-ring (bicyclic) bond motifs is 6. The van der Waals surface area contributed by atoms with Gasteiger partial charge in [0, 0.05) is 28.1 Å². The van der Waals surface area contributed by atoms with E-state index in [9.17, 15) is 22.0 Å². The van der Waals surface area contributed by atoms with Crippen LogP contribution in [-0.2, 0) is 0 Å². The van der Waals surface area contributed by atoms with Crippen molar-refractivity contribution in [2.45, 2.75) is 19.8 Å². The van der Waals surface area contributed by atoms with E-state index in [2.05, 4.69) is 4.98 Å². The largest absolute Gasteiger partial charge is 0.268 e. The van der Waals surface area contributed by atoms with Gasteiger partial charge in [0.2, 0.25) is 5.95 Å². The fraction of sp³-hybridized carbons (Fsp3) is 0.167. The molecule has 0 N–H and O–H groups in total. The lowest BCUT2D eigenvalue weighted by atomic mass is 10.0. The molecule has 0 spiro atoms. The minimum atomic E-state index is -1.23. The number of imidazole rings is 1. The van der Waals surface area contributed by atoms with Crippen LogP contribution in [-0.4, -0.2) is 9.38 Å². The quantitative estimate of drug-likeness (QED) is 0.329. The Bertz CT molecular complexity index is 1180. The van der Waals surface area contributed by atoms with Gasteiger partial charge >= 0.3 is 0 Å². The Balaban J connectivity index is 2.40. The molecule has 0 aliphatic heterocycles. The highest BCUT2D eigenvalue weighted by atomic mass is 19.2. The Kier molecular flexibility index (Phi) is 3.25. The second-order valence-corrected chi connectivity index (χ2v) is 6.17. The molecule has 2 nitrogen and oxygen atoms in total. The highest BCUT2D eigenvalue weighted by Crippen LogP contribution is 2.35. The maximum Gasteiger partial charge on any atom is 0.221 e. The molecule has 2 heterocycles. The first-order chi connectivity index (χ1) is 11.8. The maximum absolute atomic E-state index is 14.9. The summed E-state index contributed by atoms with van der Waals surface area (Å²) < 4.78 is 71.5. The van der Waals surface area contributed by atoms with E-state index >= 15 is 0 Å². The third kappa shape index (κ3) is 2.04. The third-order valence-electron chi connectivity index (χ3n) is 4.28. The van der Waals surface area contributed by atoms with E-state index < -0.39 is 29.2 Å². The number of nitrogens with zero attached hydrogens (tertiary/aromatic N) is 2. The molecule has 0 bridgehead atoms. The van der Waals surface area contributed by atoms with Crippen molar-refractivity contribution >= 4 is 27.3 Å². The Morgan fingerprint density at radius 3 is 2.24 bits per heavy atom. The van der Waals surface area contributed by atoms with Gasteiger partial charge in [-0.2, -0.15) is 4.39 Å². The Morgan fingerprint density at radius 2 is 1.56 bits per heavy atom. The van der Waals surface area contributed by atoms with Crippen molar-refractivity contribution in [3.63, 3.8) is 0 Å². The van der Waals surface area contributed by atoms with E-state index in [4.69, 9.17) is 0 Å². The number of hydrogen-bond acceptors (Lipinski definition) is 1. The molecule has 0 unspecified atom stereocenters. The van der Waals surface area contributed by atoms with Crippen LogP contribution in [0.2, 0.25) is 0 Å². The first-order valence-corrected chi connectivity index (χ1v) is 7.57. The lowest BCUT2D eigenvalue weighted by Gasteiger charge is -2.10. The number of halogens is 5. The average Bonchev–Trinajstić information content (AvgIpc) is 2.90. The van der Waals surface area contributed by atoms with E-state index in [1.807, 2.05) is 0 Å². The van der Waals surface area contributed by atoms with Crippen LogP contribution in [0.4, 0.5) is 22.0 Å².